The van der Waals surface area contributed by atoms with Crippen molar-refractivity contribution in [1.29, 1.82) is 0 Å². The van der Waals surface area contributed by atoms with Gasteiger partial charge in [-0.3, -0.25) is 4.79 Å². The van der Waals surface area contributed by atoms with Gasteiger partial charge in [0.05, 0.1) is 0 Å². The van der Waals surface area contributed by atoms with E-state index in [1.165, 1.54) is 13.8 Å². The highest BCUT2D eigenvalue weighted by Crippen LogP contribution is 2.32. The summed E-state index contributed by atoms with van der Waals surface area (Å²) >= 11 is 0. The van der Waals surface area contributed by atoms with Gasteiger partial charge in [0.1, 0.15) is 0 Å². The Labute approximate surface area is 83.0 Å². The second kappa shape index (κ2) is 3.52. The first-order valence-corrected chi connectivity index (χ1v) is 4.07. The molecule has 0 aliphatic heterocycles. The zero-order valence-electron chi connectivity index (χ0n) is 8.04. The molecule has 0 aromatic carbocycles. The molecule has 0 fully saturated rings. The summed E-state index contributed by atoms with van der Waals surface area (Å²) in [4.78, 5) is 10.7. The zero-order chi connectivity index (χ0) is 11.8. The first-order chi connectivity index (χ1) is 6.75. The lowest BCUT2D eigenvalue weighted by atomic mass is 10.2. The molecule has 0 aliphatic carbocycles. The maximum atomic E-state index is 12.6. The SMILES string of the molecule is CC(C)n1nnc(C(N)=O)c1C(F)(F)F. The van der Waals surface area contributed by atoms with Gasteiger partial charge < -0.3 is 5.73 Å². The number of halogens is 3. The molecule has 0 saturated carbocycles. The zero-order valence-corrected chi connectivity index (χ0v) is 8.04. The Hall–Kier alpha value is -1.60. The lowest BCUT2D eigenvalue weighted by Gasteiger charge is -2.12. The Balaban J connectivity index is 3.40. The van der Waals surface area contributed by atoms with E-state index in [9.17, 15) is 18.0 Å². The van der Waals surface area contributed by atoms with Crippen LogP contribution in [0, 0.1) is 0 Å². The van der Waals surface area contributed by atoms with E-state index in [1.807, 2.05) is 0 Å². The number of rotatable bonds is 2. The first kappa shape index (κ1) is 11.5. The van der Waals surface area contributed by atoms with Crippen LogP contribution in [0.25, 0.3) is 0 Å². The average molecular weight is 222 g/mol. The number of nitrogens with zero attached hydrogens (tertiary/aromatic N) is 3. The number of nitrogens with two attached hydrogens (primary N) is 1. The number of hydrogen-bond donors (Lipinski definition) is 1. The fraction of sp³-hybridized carbons (Fsp3) is 0.571. The van der Waals surface area contributed by atoms with Crippen molar-refractivity contribution < 1.29 is 18.0 Å². The van der Waals surface area contributed by atoms with Crippen molar-refractivity contribution >= 4 is 5.91 Å². The minimum absolute atomic E-state index is 0.553. The van der Waals surface area contributed by atoms with Crippen LogP contribution in [0.1, 0.15) is 36.1 Å². The molecule has 1 rings (SSSR count). The van der Waals surface area contributed by atoms with Gasteiger partial charge >= 0.3 is 6.18 Å². The number of amides is 1. The molecule has 1 aromatic rings. The van der Waals surface area contributed by atoms with Gasteiger partial charge in [-0.25, -0.2) is 4.68 Å². The lowest BCUT2D eigenvalue weighted by Crippen LogP contribution is -2.22. The summed E-state index contributed by atoms with van der Waals surface area (Å²) in [6.07, 6.45) is -4.70. The summed E-state index contributed by atoms with van der Waals surface area (Å²) in [5.74, 6) is -1.24. The van der Waals surface area contributed by atoms with Crippen molar-refractivity contribution in [3.05, 3.63) is 11.4 Å². The third-order valence-corrected chi connectivity index (χ3v) is 1.69. The molecule has 0 radical (unpaired) electrons. The van der Waals surface area contributed by atoms with E-state index in [0.717, 1.165) is 0 Å². The minimum atomic E-state index is -4.70. The Morgan fingerprint density at radius 2 is 2.00 bits per heavy atom. The standard InChI is InChI=1S/C7H9F3N4O/c1-3(2)14-5(7(8,9)10)4(6(11)15)12-13-14/h3H,1-2H3,(H2,11,15). The molecular formula is C7H9F3N4O. The van der Waals surface area contributed by atoms with E-state index in [2.05, 4.69) is 10.3 Å². The smallest absolute Gasteiger partial charge is 0.364 e. The Kier molecular flexibility index (Phi) is 2.69. The van der Waals surface area contributed by atoms with Gasteiger partial charge in [0.25, 0.3) is 5.91 Å². The molecular weight excluding hydrogens is 213 g/mol. The third kappa shape index (κ3) is 2.08. The molecule has 8 heteroatoms. The van der Waals surface area contributed by atoms with Crippen molar-refractivity contribution in [2.45, 2.75) is 26.1 Å². The lowest BCUT2D eigenvalue weighted by molar-refractivity contribution is -0.145. The summed E-state index contributed by atoms with van der Waals surface area (Å²) in [6.45, 7) is 2.99. The van der Waals surface area contributed by atoms with E-state index >= 15 is 0 Å². The number of primary amides is 1. The van der Waals surface area contributed by atoms with Gasteiger partial charge in [-0.15, -0.1) is 5.10 Å². The van der Waals surface area contributed by atoms with Crippen LogP contribution in [0.3, 0.4) is 0 Å². The van der Waals surface area contributed by atoms with Crippen LogP contribution in [0.15, 0.2) is 0 Å². The first-order valence-electron chi connectivity index (χ1n) is 4.07. The van der Waals surface area contributed by atoms with Crippen molar-refractivity contribution in [1.82, 2.24) is 15.0 Å². The predicted molar refractivity (Wildman–Crippen MR) is 43.9 cm³/mol. The Bertz CT molecular complexity index is 382. The molecule has 2 N–H and O–H groups in total. The van der Waals surface area contributed by atoms with E-state index in [1.54, 1.807) is 0 Å². The highest BCUT2D eigenvalue weighted by molar-refractivity contribution is 5.91. The van der Waals surface area contributed by atoms with Crippen LogP contribution in [0.5, 0.6) is 0 Å². The molecule has 0 unspecified atom stereocenters. The van der Waals surface area contributed by atoms with Gasteiger partial charge in [-0.05, 0) is 13.8 Å². The largest absolute Gasteiger partial charge is 0.435 e. The second-order valence-electron chi connectivity index (χ2n) is 3.19. The minimum Gasteiger partial charge on any atom is -0.364 e. The molecule has 0 atom stereocenters. The number of aromatic nitrogens is 3. The van der Waals surface area contributed by atoms with Gasteiger partial charge in [0.2, 0.25) is 0 Å². The van der Waals surface area contributed by atoms with Crippen LogP contribution in [0.4, 0.5) is 13.2 Å². The van der Waals surface area contributed by atoms with E-state index in [4.69, 9.17) is 5.73 Å². The molecule has 0 aliphatic rings. The number of carbonyl (C=O) groups is 1. The van der Waals surface area contributed by atoms with Gasteiger partial charge in [0, 0.05) is 6.04 Å². The average Bonchev–Trinajstić information content (AvgIpc) is 2.45. The summed E-state index contributed by atoms with van der Waals surface area (Å²) < 4.78 is 38.3. The monoisotopic (exact) mass is 222 g/mol. The Morgan fingerprint density at radius 3 is 2.33 bits per heavy atom. The molecule has 0 saturated heterocycles. The van der Waals surface area contributed by atoms with Crippen molar-refractivity contribution in [3.63, 3.8) is 0 Å². The van der Waals surface area contributed by atoms with Crippen LogP contribution < -0.4 is 5.73 Å². The third-order valence-electron chi connectivity index (χ3n) is 1.69. The Morgan fingerprint density at radius 1 is 1.47 bits per heavy atom. The molecule has 1 aromatic heterocycles. The number of alkyl halides is 3. The fourth-order valence-electron chi connectivity index (χ4n) is 1.09. The van der Waals surface area contributed by atoms with Gasteiger partial charge in [0.15, 0.2) is 11.4 Å². The summed E-state index contributed by atoms with van der Waals surface area (Å²) in [5.41, 5.74) is 2.72. The van der Waals surface area contributed by atoms with E-state index < -0.39 is 29.5 Å². The maximum absolute atomic E-state index is 12.6. The molecule has 0 bridgehead atoms. The maximum Gasteiger partial charge on any atom is 0.435 e. The fourth-order valence-corrected chi connectivity index (χ4v) is 1.09. The molecule has 1 amide bonds. The number of hydrogen-bond acceptors (Lipinski definition) is 3. The molecule has 84 valence electrons. The summed E-state index contributed by atoms with van der Waals surface area (Å²) in [5, 5.41) is 6.37. The quantitative estimate of drug-likeness (QED) is 0.810. The molecule has 1 heterocycles. The highest BCUT2D eigenvalue weighted by atomic mass is 19.4. The van der Waals surface area contributed by atoms with Gasteiger partial charge in [-0.1, -0.05) is 5.21 Å². The topological polar surface area (TPSA) is 73.8 Å². The van der Waals surface area contributed by atoms with E-state index in [0.29, 0.717) is 4.68 Å². The normalized spacial score (nSPS) is 12.1. The van der Waals surface area contributed by atoms with Crippen LogP contribution >= 0.6 is 0 Å². The predicted octanol–water partition coefficient (Wildman–Crippen LogP) is 0.977. The van der Waals surface area contributed by atoms with Crippen LogP contribution in [-0.2, 0) is 6.18 Å². The van der Waals surface area contributed by atoms with Crippen molar-refractivity contribution in [2.75, 3.05) is 0 Å². The number of carbonyl (C=O) groups excluding carboxylic acids is 1. The van der Waals surface area contributed by atoms with Crippen LogP contribution in [-0.4, -0.2) is 20.9 Å². The summed E-state index contributed by atoms with van der Waals surface area (Å²) in [7, 11) is 0. The summed E-state index contributed by atoms with van der Waals surface area (Å²) in [6, 6.07) is -0.553. The second-order valence-corrected chi connectivity index (χ2v) is 3.19. The highest BCUT2D eigenvalue weighted by Gasteiger charge is 2.41. The molecule has 0 spiro atoms. The van der Waals surface area contributed by atoms with Crippen molar-refractivity contribution in [2.24, 2.45) is 5.73 Å². The van der Waals surface area contributed by atoms with Gasteiger partial charge in [-0.2, -0.15) is 13.2 Å². The molecule has 15 heavy (non-hydrogen) atoms. The van der Waals surface area contributed by atoms with E-state index in [-0.39, 0.29) is 0 Å². The molecule has 5 nitrogen and oxygen atoms in total. The van der Waals surface area contributed by atoms with Crippen LogP contribution in [0.2, 0.25) is 0 Å². The van der Waals surface area contributed by atoms with Crippen molar-refractivity contribution in [3.8, 4) is 0 Å².